The van der Waals surface area contributed by atoms with Crippen molar-refractivity contribution in [2.24, 2.45) is 0 Å². The van der Waals surface area contributed by atoms with Crippen LogP contribution < -0.4 is 4.90 Å². The Morgan fingerprint density at radius 3 is 2.58 bits per heavy atom. The number of hydrogen-bond acceptors (Lipinski definition) is 5. The molecule has 3 rings (SSSR count). The molecular formula is C18H24N4O2. The predicted molar refractivity (Wildman–Crippen MR) is 93.2 cm³/mol. The monoisotopic (exact) mass is 328 g/mol. The molecule has 1 saturated heterocycles. The number of carbonyl (C=O) groups excluding carboxylic acids is 1. The number of benzene rings is 1. The van der Waals surface area contributed by atoms with Crippen molar-refractivity contribution in [3.05, 3.63) is 47.3 Å². The van der Waals surface area contributed by atoms with Crippen LogP contribution in [0.5, 0.6) is 0 Å². The minimum atomic E-state index is 0.105. The topological polar surface area (TPSA) is 52.8 Å². The molecule has 0 spiro atoms. The van der Waals surface area contributed by atoms with Gasteiger partial charge in [0, 0.05) is 57.6 Å². The van der Waals surface area contributed by atoms with E-state index in [2.05, 4.69) is 10.1 Å². The second-order valence-electron chi connectivity index (χ2n) is 6.45. The standard InChI is InChI=1S/C18H24N4O2/c1-14-11-17(24-19-14)13-21-7-9-22(10-8-21)18(23)15-5-4-6-16(12-15)20(2)3/h4-6,11-12H,7-10,13H2,1-3H3. The molecule has 0 saturated carbocycles. The smallest absolute Gasteiger partial charge is 0.254 e. The Kier molecular flexibility index (Phi) is 4.85. The molecule has 0 bridgehead atoms. The molecule has 1 aromatic carbocycles. The number of aryl methyl sites for hydroxylation is 1. The summed E-state index contributed by atoms with van der Waals surface area (Å²) in [7, 11) is 3.96. The third kappa shape index (κ3) is 3.76. The molecule has 0 atom stereocenters. The van der Waals surface area contributed by atoms with Crippen molar-refractivity contribution in [3.63, 3.8) is 0 Å². The highest BCUT2D eigenvalue weighted by Crippen LogP contribution is 2.17. The summed E-state index contributed by atoms with van der Waals surface area (Å²) in [5, 5.41) is 3.92. The first-order chi connectivity index (χ1) is 11.5. The van der Waals surface area contributed by atoms with Crippen LogP contribution in [0.4, 0.5) is 5.69 Å². The Hall–Kier alpha value is -2.34. The van der Waals surface area contributed by atoms with Gasteiger partial charge in [0.05, 0.1) is 12.2 Å². The molecular weight excluding hydrogens is 304 g/mol. The van der Waals surface area contributed by atoms with E-state index in [1.54, 1.807) is 0 Å². The van der Waals surface area contributed by atoms with Crippen LogP contribution in [0.1, 0.15) is 21.8 Å². The van der Waals surface area contributed by atoms with E-state index in [-0.39, 0.29) is 5.91 Å². The molecule has 1 aliphatic rings. The summed E-state index contributed by atoms with van der Waals surface area (Å²) in [5.74, 6) is 0.986. The van der Waals surface area contributed by atoms with Crippen LogP contribution in [-0.4, -0.2) is 61.1 Å². The lowest BCUT2D eigenvalue weighted by atomic mass is 10.1. The Labute approximate surface area is 142 Å². The Bertz CT molecular complexity index is 703. The Morgan fingerprint density at radius 2 is 1.96 bits per heavy atom. The number of aromatic nitrogens is 1. The van der Waals surface area contributed by atoms with E-state index in [4.69, 9.17) is 4.52 Å². The fourth-order valence-electron chi connectivity index (χ4n) is 2.92. The molecule has 6 heteroatoms. The van der Waals surface area contributed by atoms with Crippen molar-refractivity contribution >= 4 is 11.6 Å². The molecule has 24 heavy (non-hydrogen) atoms. The number of carbonyl (C=O) groups is 1. The first-order valence-corrected chi connectivity index (χ1v) is 8.24. The molecule has 1 aliphatic heterocycles. The molecule has 6 nitrogen and oxygen atoms in total. The van der Waals surface area contributed by atoms with Crippen molar-refractivity contribution in [2.75, 3.05) is 45.2 Å². The van der Waals surface area contributed by atoms with E-state index in [1.165, 1.54) is 0 Å². The van der Waals surface area contributed by atoms with Gasteiger partial charge in [0.15, 0.2) is 5.76 Å². The molecule has 0 aliphatic carbocycles. The lowest BCUT2D eigenvalue weighted by Gasteiger charge is -2.34. The van der Waals surface area contributed by atoms with E-state index in [1.807, 2.05) is 61.2 Å². The lowest BCUT2D eigenvalue weighted by molar-refractivity contribution is 0.0617. The summed E-state index contributed by atoms with van der Waals surface area (Å²) >= 11 is 0. The fourth-order valence-corrected chi connectivity index (χ4v) is 2.92. The van der Waals surface area contributed by atoms with Gasteiger partial charge in [-0.2, -0.15) is 0 Å². The quantitative estimate of drug-likeness (QED) is 0.859. The average molecular weight is 328 g/mol. The second kappa shape index (κ2) is 7.05. The van der Waals surface area contributed by atoms with Crippen molar-refractivity contribution in [1.29, 1.82) is 0 Å². The van der Waals surface area contributed by atoms with E-state index in [0.29, 0.717) is 0 Å². The van der Waals surface area contributed by atoms with Crippen LogP contribution in [0.2, 0.25) is 0 Å². The van der Waals surface area contributed by atoms with Crippen LogP contribution in [0.3, 0.4) is 0 Å². The highest BCUT2D eigenvalue weighted by atomic mass is 16.5. The third-order valence-corrected chi connectivity index (χ3v) is 4.33. The minimum Gasteiger partial charge on any atom is -0.378 e. The molecule has 0 N–H and O–H groups in total. The summed E-state index contributed by atoms with van der Waals surface area (Å²) in [5.41, 5.74) is 2.69. The average Bonchev–Trinajstić information content (AvgIpc) is 3.00. The third-order valence-electron chi connectivity index (χ3n) is 4.33. The first kappa shape index (κ1) is 16.5. The zero-order valence-corrected chi connectivity index (χ0v) is 14.5. The zero-order chi connectivity index (χ0) is 17.1. The predicted octanol–water partition coefficient (Wildman–Crippen LogP) is 2.01. The van der Waals surface area contributed by atoms with Gasteiger partial charge < -0.3 is 14.3 Å². The highest BCUT2D eigenvalue weighted by molar-refractivity contribution is 5.95. The molecule has 2 aromatic rings. The first-order valence-electron chi connectivity index (χ1n) is 8.24. The van der Waals surface area contributed by atoms with Gasteiger partial charge in [-0.1, -0.05) is 11.2 Å². The van der Waals surface area contributed by atoms with Gasteiger partial charge in [-0.15, -0.1) is 0 Å². The maximum Gasteiger partial charge on any atom is 0.254 e. The maximum atomic E-state index is 12.7. The summed E-state index contributed by atoms with van der Waals surface area (Å²) in [6, 6.07) is 9.74. The van der Waals surface area contributed by atoms with Gasteiger partial charge in [0.2, 0.25) is 0 Å². The van der Waals surface area contributed by atoms with Crippen molar-refractivity contribution in [2.45, 2.75) is 13.5 Å². The van der Waals surface area contributed by atoms with Gasteiger partial charge in [0.25, 0.3) is 5.91 Å². The molecule has 0 unspecified atom stereocenters. The van der Waals surface area contributed by atoms with Crippen LogP contribution in [0.25, 0.3) is 0 Å². The van der Waals surface area contributed by atoms with Crippen molar-refractivity contribution < 1.29 is 9.32 Å². The number of rotatable bonds is 4. The number of nitrogens with zero attached hydrogens (tertiary/aromatic N) is 4. The largest absolute Gasteiger partial charge is 0.378 e. The van der Waals surface area contributed by atoms with Gasteiger partial charge in [-0.05, 0) is 25.1 Å². The number of amides is 1. The highest BCUT2D eigenvalue weighted by Gasteiger charge is 2.23. The Morgan fingerprint density at radius 1 is 1.21 bits per heavy atom. The molecule has 128 valence electrons. The summed E-state index contributed by atoms with van der Waals surface area (Å²) in [6.07, 6.45) is 0. The lowest BCUT2D eigenvalue weighted by Crippen LogP contribution is -2.48. The fraction of sp³-hybridized carbons (Fsp3) is 0.444. The van der Waals surface area contributed by atoms with Crippen molar-refractivity contribution in [1.82, 2.24) is 15.0 Å². The van der Waals surface area contributed by atoms with Crippen molar-refractivity contribution in [3.8, 4) is 0 Å². The minimum absolute atomic E-state index is 0.105. The number of hydrogen-bond donors (Lipinski definition) is 0. The van der Waals surface area contributed by atoms with Gasteiger partial charge >= 0.3 is 0 Å². The summed E-state index contributed by atoms with van der Waals surface area (Å²) in [4.78, 5) is 18.9. The molecule has 1 aromatic heterocycles. The number of piperazine rings is 1. The van der Waals surface area contributed by atoms with Crippen LogP contribution >= 0.6 is 0 Å². The second-order valence-corrected chi connectivity index (χ2v) is 6.45. The Balaban J connectivity index is 1.58. The van der Waals surface area contributed by atoms with E-state index in [9.17, 15) is 4.79 Å². The van der Waals surface area contributed by atoms with E-state index < -0.39 is 0 Å². The molecule has 1 fully saturated rings. The molecule has 1 amide bonds. The number of anilines is 1. The zero-order valence-electron chi connectivity index (χ0n) is 14.5. The van der Waals surface area contributed by atoms with Crippen LogP contribution in [0, 0.1) is 6.92 Å². The van der Waals surface area contributed by atoms with E-state index in [0.717, 1.165) is 55.4 Å². The maximum absolute atomic E-state index is 12.7. The van der Waals surface area contributed by atoms with Gasteiger partial charge in [-0.25, -0.2) is 0 Å². The van der Waals surface area contributed by atoms with Crippen LogP contribution in [0.15, 0.2) is 34.9 Å². The van der Waals surface area contributed by atoms with Crippen LogP contribution in [-0.2, 0) is 6.54 Å². The summed E-state index contributed by atoms with van der Waals surface area (Å²) in [6.45, 7) is 5.83. The SMILES string of the molecule is Cc1cc(CN2CCN(C(=O)c3cccc(N(C)C)c3)CC2)on1. The molecule has 2 heterocycles. The molecule has 0 radical (unpaired) electrons. The van der Waals surface area contributed by atoms with Gasteiger partial charge in [0.1, 0.15) is 0 Å². The van der Waals surface area contributed by atoms with Gasteiger partial charge in [-0.3, -0.25) is 9.69 Å². The normalized spacial score (nSPS) is 15.5. The summed E-state index contributed by atoms with van der Waals surface area (Å²) < 4.78 is 5.27. The van der Waals surface area contributed by atoms with E-state index >= 15 is 0 Å².